The zero-order valence-corrected chi connectivity index (χ0v) is 23.5. The van der Waals surface area contributed by atoms with Crippen molar-refractivity contribution in [2.24, 2.45) is 5.92 Å². The summed E-state index contributed by atoms with van der Waals surface area (Å²) in [5.74, 6) is -1.78. The van der Waals surface area contributed by atoms with Crippen LogP contribution in [0.5, 0.6) is 0 Å². The Morgan fingerprint density at radius 1 is 0.974 bits per heavy atom. The lowest BCUT2D eigenvalue weighted by atomic mass is 9.84. The van der Waals surface area contributed by atoms with E-state index in [2.05, 4.69) is 16.0 Å². The summed E-state index contributed by atoms with van der Waals surface area (Å²) in [5.41, 5.74) is 0.282. The van der Waals surface area contributed by atoms with E-state index < -0.39 is 35.2 Å². The molecule has 1 aliphatic carbocycles. The predicted molar refractivity (Wildman–Crippen MR) is 147 cm³/mol. The molecule has 0 bridgehead atoms. The lowest BCUT2D eigenvalue weighted by molar-refractivity contribution is -0.142. The van der Waals surface area contributed by atoms with Crippen molar-refractivity contribution in [3.05, 3.63) is 35.9 Å². The minimum atomic E-state index is -1.20. The highest BCUT2D eigenvalue weighted by atomic mass is 16.5. The van der Waals surface area contributed by atoms with Gasteiger partial charge in [0.25, 0.3) is 5.91 Å². The van der Waals surface area contributed by atoms with E-state index in [1.165, 1.54) is 6.42 Å². The molecular weight excluding hydrogens is 500 g/mol. The molecule has 0 spiro atoms. The SMILES string of the molecule is CC(C)(C)NC(=O)C(=O)[C@H](COCc1ccccc1)NC(=O)[C@H](CC1CCCCC1)NC(=O)N1CCOCC1. The van der Waals surface area contributed by atoms with Crippen molar-refractivity contribution in [1.29, 1.82) is 0 Å². The van der Waals surface area contributed by atoms with E-state index in [0.717, 1.165) is 31.2 Å². The van der Waals surface area contributed by atoms with E-state index >= 15 is 0 Å². The summed E-state index contributed by atoms with van der Waals surface area (Å²) in [6.45, 7) is 7.18. The molecule has 216 valence electrons. The first-order valence-electron chi connectivity index (χ1n) is 14.0. The Morgan fingerprint density at radius 2 is 1.64 bits per heavy atom. The van der Waals surface area contributed by atoms with Crippen LogP contribution in [-0.4, -0.2) is 79.1 Å². The van der Waals surface area contributed by atoms with Gasteiger partial charge >= 0.3 is 6.03 Å². The minimum absolute atomic E-state index is 0.176. The second kappa shape index (κ2) is 15.0. The fourth-order valence-electron chi connectivity index (χ4n) is 4.88. The maximum absolute atomic E-state index is 13.6. The van der Waals surface area contributed by atoms with Gasteiger partial charge in [-0.2, -0.15) is 0 Å². The number of benzene rings is 1. The van der Waals surface area contributed by atoms with Gasteiger partial charge in [-0.15, -0.1) is 0 Å². The number of nitrogens with one attached hydrogen (secondary N) is 3. The highest BCUT2D eigenvalue weighted by molar-refractivity contribution is 6.38. The summed E-state index contributed by atoms with van der Waals surface area (Å²) >= 11 is 0. The molecule has 4 amide bonds. The van der Waals surface area contributed by atoms with Crippen LogP contribution in [0.2, 0.25) is 0 Å². The van der Waals surface area contributed by atoms with Crippen LogP contribution in [0.4, 0.5) is 4.79 Å². The topological polar surface area (TPSA) is 126 Å². The zero-order chi connectivity index (χ0) is 28.3. The number of rotatable bonds is 11. The van der Waals surface area contributed by atoms with E-state index in [1.807, 2.05) is 30.3 Å². The number of ether oxygens (including phenoxy) is 2. The first kappa shape index (κ1) is 30.6. The molecule has 1 heterocycles. The molecule has 0 radical (unpaired) electrons. The van der Waals surface area contributed by atoms with E-state index in [1.54, 1.807) is 25.7 Å². The average molecular weight is 545 g/mol. The smallest absolute Gasteiger partial charge is 0.318 e. The quantitative estimate of drug-likeness (QED) is 0.368. The van der Waals surface area contributed by atoms with Crippen molar-refractivity contribution in [3.8, 4) is 0 Å². The van der Waals surface area contributed by atoms with Gasteiger partial charge in [-0.3, -0.25) is 14.4 Å². The predicted octanol–water partition coefficient (Wildman–Crippen LogP) is 2.55. The van der Waals surface area contributed by atoms with Crippen LogP contribution in [0, 0.1) is 5.92 Å². The molecular formula is C29H44N4O6. The summed E-state index contributed by atoms with van der Waals surface area (Å²) in [6, 6.07) is 7.08. The van der Waals surface area contributed by atoms with Crippen molar-refractivity contribution in [1.82, 2.24) is 20.9 Å². The number of hydrogen-bond donors (Lipinski definition) is 3. The van der Waals surface area contributed by atoms with Crippen molar-refractivity contribution < 1.29 is 28.7 Å². The molecule has 1 aromatic carbocycles. The van der Waals surface area contributed by atoms with E-state index in [-0.39, 0.29) is 19.2 Å². The minimum Gasteiger partial charge on any atom is -0.378 e. The molecule has 3 N–H and O–H groups in total. The summed E-state index contributed by atoms with van der Waals surface area (Å²) in [6.07, 6.45) is 5.82. The number of nitrogens with zero attached hydrogens (tertiary/aromatic N) is 1. The number of carbonyl (C=O) groups is 4. The summed E-state index contributed by atoms with van der Waals surface area (Å²) in [5, 5.41) is 8.30. The van der Waals surface area contributed by atoms with Gasteiger partial charge in [0.1, 0.15) is 12.1 Å². The Hall–Kier alpha value is -2.98. The Kier molecular flexibility index (Phi) is 11.7. The summed E-state index contributed by atoms with van der Waals surface area (Å²) in [4.78, 5) is 54.1. The van der Waals surface area contributed by atoms with Gasteiger partial charge in [-0.05, 0) is 38.7 Å². The standard InChI is InChI=1S/C29H44N4O6/c1-29(2,3)32-27(36)25(34)24(20-39-19-22-12-8-5-9-13-22)30-26(35)23(18-21-10-6-4-7-11-21)31-28(37)33-14-16-38-17-15-33/h5,8-9,12-13,21,23-24H,4,6-7,10-11,14-20H2,1-3H3,(H,30,35)(H,31,37)(H,32,36)/t23-,24-/m0/s1. The number of hydrogen-bond acceptors (Lipinski definition) is 6. The second-order valence-corrected chi connectivity index (χ2v) is 11.5. The number of amides is 4. The van der Waals surface area contributed by atoms with Gasteiger partial charge in [-0.25, -0.2) is 4.79 Å². The van der Waals surface area contributed by atoms with Gasteiger partial charge in [-0.1, -0.05) is 62.4 Å². The van der Waals surface area contributed by atoms with Gasteiger partial charge in [0, 0.05) is 18.6 Å². The third-order valence-electron chi connectivity index (χ3n) is 6.95. The molecule has 2 aliphatic rings. The van der Waals surface area contributed by atoms with Crippen molar-refractivity contribution in [2.75, 3.05) is 32.9 Å². The van der Waals surface area contributed by atoms with Crippen LogP contribution in [0.15, 0.2) is 30.3 Å². The zero-order valence-electron chi connectivity index (χ0n) is 23.5. The molecule has 0 unspecified atom stereocenters. The number of ketones is 1. The number of Topliss-reactive ketones (excluding diaryl/α,β-unsaturated/α-hetero) is 1. The van der Waals surface area contributed by atoms with Gasteiger partial charge < -0.3 is 30.3 Å². The maximum atomic E-state index is 13.6. The molecule has 10 heteroatoms. The van der Waals surface area contributed by atoms with Crippen LogP contribution in [0.1, 0.15) is 64.9 Å². The van der Waals surface area contributed by atoms with Crippen molar-refractivity contribution in [3.63, 3.8) is 0 Å². The molecule has 1 saturated heterocycles. The Labute approximate surface area is 231 Å². The van der Waals surface area contributed by atoms with E-state index in [9.17, 15) is 19.2 Å². The second-order valence-electron chi connectivity index (χ2n) is 11.5. The van der Waals surface area contributed by atoms with Gasteiger partial charge in [0.2, 0.25) is 11.7 Å². The fourth-order valence-corrected chi connectivity index (χ4v) is 4.88. The highest BCUT2D eigenvalue weighted by Gasteiger charge is 2.34. The van der Waals surface area contributed by atoms with Crippen LogP contribution in [0.3, 0.4) is 0 Å². The average Bonchev–Trinajstić information content (AvgIpc) is 2.92. The number of morpholine rings is 1. The molecule has 39 heavy (non-hydrogen) atoms. The molecule has 1 aliphatic heterocycles. The Bertz CT molecular complexity index is 952. The van der Waals surface area contributed by atoms with Gasteiger partial charge in [0.05, 0.1) is 26.4 Å². The normalized spacial score (nSPS) is 18.1. The first-order chi connectivity index (χ1) is 18.6. The Morgan fingerprint density at radius 3 is 2.28 bits per heavy atom. The summed E-state index contributed by atoms with van der Waals surface area (Å²) in [7, 11) is 0. The highest BCUT2D eigenvalue weighted by Crippen LogP contribution is 2.27. The third-order valence-corrected chi connectivity index (χ3v) is 6.95. The molecule has 1 saturated carbocycles. The monoisotopic (exact) mass is 544 g/mol. The van der Waals surface area contributed by atoms with Gasteiger partial charge in [0.15, 0.2) is 0 Å². The molecule has 1 aromatic rings. The largest absolute Gasteiger partial charge is 0.378 e. The van der Waals surface area contributed by atoms with Crippen LogP contribution in [-0.2, 0) is 30.5 Å². The lowest BCUT2D eigenvalue weighted by Crippen LogP contribution is -2.58. The van der Waals surface area contributed by atoms with E-state index in [4.69, 9.17) is 9.47 Å². The van der Waals surface area contributed by atoms with Crippen LogP contribution in [0.25, 0.3) is 0 Å². The van der Waals surface area contributed by atoms with Crippen molar-refractivity contribution in [2.45, 2.75) is 83.5 Å². The third kappa shape index (κ3) is 10.6. The first-order valence-corrected chi connectivity index (χ1v) is 14.0. The molecule has 0 aromatic heterocycles. The molecule has 2 fully saturated rings. The molecule has 3 rings (SSSR count). The van der Waals surface area contributed by atoms with Crippen LogP contribution >= 0.6 is 0 Å². The Balaban J connectivity index is 1.72. The fraction of sp³-hybridized carbons (Fsp3) is 0.655. The number of carbonyl (C=O) groups excluding carboxylic acids is 4. The maximum Gasteiger partial charge on any atom is 0.318 e. The molecule has 2 atom stereocenters. The van der Waals surface area contributed by atoms with Crippen LogP contribution < -0.4 is 16.0 Å². The molecule has 10 nitrogen and oxygen atoms in total. The number of urea groups is 1. The van der Waals surface area contributed by atoms with E-state index in [0.29, 0.717) is 38.6 Å². The van der Waals surface area contributed by atoms with Crippen molar-refractivity contribution >= 4 is 23.6 Å². The summed E-state index contributed by atoms with van der Waals surface area (Å²) < 4.78 is 11.1. The lowest BCUT2D eigenvalue weighted by Gasteiger charge is -2.31.